The average molecular weight is 432 g/mol. The predicted molar refractivity (Wildman–Crippen MR) is 110 cm³/mol. The van der Waals surface area contributed by atoms with Crippen molar-refractivity contribution in [3.8, 4) is 0 Å². The number of aliphatic hydroxyl groups is 1. The molecule has 4 N–H and O–H groups in total. The Bertz CT molecular complexity index is 678. The van der Waals surface area contributed by atoms with E-state index in [1.54, 1.807) is 6.92 Å². The summed E-state index contributed by atoms with van der Waals surface area (Å²) in [6.07, 6.45) is -3.15. The van der Waals surface area contributed by atoms with E-state index >= 15 is 0 Å². The highest BCUT2D eigenvalue weighted by molar-refractivity contribution is 5.79. The van der Waals surface area contributed by atoms with E-state index < -0.39 is 17.3 Å². The number of hydrogen-bond acceptors (Lipinski definition) is 6. The maximum atomic E-state index is 13.0. The van der Waals surface area contributed by atoms with Crippen molar-refractivity contribution in [1.29, 1.82) is 0 Å². The fourth-order valence-corrected chi connectivity index (χ4v) is 3.02. The van der Waals surface area contributed by atoms with Crippen LogP contribution < -0.4 is 16.0 Å². The second kappa shape index (κ2) is 11.3. The number of morpholine rings is 1. The van der Waals surface area contributed by atoms with Crippen molar-refractivity contribution in [3.63, 3.8) is 0 Å². The van der Waals surface area contributed by atoms with Crippen molar-refractivity contribution in [3.05, 3.63) is 23.9 Å². The van der Waals surface area contributed by atoms with Gasteiger partial charge in [-0.2, -0.15) is 13.2 Å². The molecule has 8 nitrogen and oxygen atoms in total. The summed E-state index contributed by atoms with van der Waals surface area (Å²) in [5.41, 5.74) is -1.81. The predicted octanol–water partition coefficient (Wildman–Crippen LogP) is 1.15. The maximum absolute atomic E-state index is 13.0. The van der Waals surface area contributed by atoms with E-state index in [-0.39, 0.29) is 18.9 Å². The molecular formula is C19H31F3N6O2. The Morgan fingerprint density at radius 3 is 2.67 bits per heavy atom. The Morgan fingerprint density at radius 1 is 1.27 bits per heavy atom. The van der Waals surface area contributed by atoms with Crippen molar-refractivity contribution >= 4 is 11.8 Å². The second-order valence-corrected chi connectivity index (χ2v) is 7.33. The van der Waals surface area contributed by atoms with Crippen LogP contribution in [-0.2, 0) is 10.9 Å². The number of aromatic nitrogens is 1. The van der Waals surface area contributed by atoms with Gasteiger partial charge in [0.25, 0.3) is 0 Å². The van der Waals surface area contributed by atoms with Gasteiger partial charge in [0.2, 0.25) is 0 Å². The van der Waals surface area contributed by atoms with Gasteiger partial charge in [-0.05, 0) is 26.0 Å². The first-order chi connectivity index (χ1) is 14.2. The first kappa shape index (κ1) is 24.2. The molecule has 0 spiro atoms. The molecule has 30 heavy (non-hydrogen) atoms. The number of anilines is 1. The minimum Gasteiger partial charge on any atom is -0.387 e. The number of pyridine rings is 1. The lowest BCUT2D eigenvalue weighted by Gasteiger charge is -2.33. The quantitative estimate of drug-likeness (QED) is 0.264. The van der Waals surface area contributed by atoms with Crippen LogP contribution in [0.15, 0.2) is 23.3 Å². The maximum Gasteiger partial charge on any atom is 0.419 e. The van der Waals surface area contributed by atoms with Gasteiger partial charge < -0.3 is 25.8 Å². The SMILES string of the molecule is CCNC(=NCC(C)(O)CN1CCOCC1)NCCNc1ncccc1C(F)(F)F. The lowest BCUT2D eigenvalue weighted by atomic mass is 10.1. The summed E-state index contributed by atoms with van der Waals surface area (Å²) in [4.78, 5) is 10.3. The van der Waals surface area contributed by atoms with E-state index in [2.05, 4.69) is 30.8 Å². The molecule has 0 aromatic carbocycles. The number of hydrogen-bond donors (Lipinski definition) is 4. The second-order valence-electron chi connectivity index (χ2n) is 7.33. The molecule has 0 radical (unpaired) electrons. The van der Waals surface area contributed by atoms with Crippen molar-refractivity contribution in [2.24, 2.45) is 4.99 Å². The zero-order chi connectivity index (χ0) is 22.0. The molecule has 170 valence electrons. The largest absolute Gasteiger partial charge is 0.419 e. The van der Waals surface area contributed by atoms with Crippen molar-refractivity contribution < 1.29 is 23.0 Å². The molecule has 1 atom stereocenters. The zero-order valence-electron chi connectivity index (χ0n) is 17.4. The Morgan fingerprint density at radius 2 is 2.00 bits per heavy atom. The van der Waals surface area contributed by atoms with Gasteiger partial charge in [-0.1, -0.05) is 0 Å². The molecule has 0 aliphatic carbocycles. The normalized spacial score (nSPS) is 18.0. The van der Waals surface area contributed by atoms with Crippen LogP contribution in [0, 0.1) is 0 Å². The molecule has 1 saturated heterocycles. The Balaban J connectivity index is 1.84. The number of β-amino-alcohol motifs (C(OH)–C–C–N with tert-alkyl or cyclic N) is 1. The minimum absolute atomic E-state index is 0.186. The van der Waals surface area contributed by atoms with E-state index in [0.29, 0.717) is 38.8 Å². The van der Waals surface area contributed by atoms with Gasteiger partial charge in [0.05, 0.1) is 30.9 Å². The van der Waals surface area contributed by atoms with Crippen molar-refractivity contribution in [1.82, 2.24) is 20.5 Å². The molecule has 0 saturated carbocycles. The van der Waals surface area contributed by atoms with Crippen LogP contribution in [0.2, 0.25) is 0 Å². The Hall–Kier alpha value is -2.11. The summed E-state index contributed by atoms with van der Waals surface area (Å²) in [6, 6.07) is 2.25. The summed E-state index contributed by atoms with van der Waals surface area (Å²) in [7, 11) is 0. The van der Waals surface area contributed by atoms with E-state index in [1.165, 1.54) is 12.3 Å². The third-order valence-electron chi connectivity index (χ3n) is 4.41. The highest BCUT2D eigenvalue weighted by atomic mass is 19.4. The molecule has 0 bridgehead atoms. The van der Waals surface area contributed by atoms with E-state index in [1.807, 2.05) is 6.92 Å². The lowest BCUT2D eigenvalue weighted by molar-refractivity contribution is -0.137. The summed E-state index contributed by atoms with van der Waals surface area (Å²) >= 11 is 0. The first-order valence-electron chi connectivity index (χ1n) is 10.0. The van der Waals surface area contributed by atoms with Gasteiger partial charge in [-0.3, -0.25) is 9.89 Å². The van der Waals surface area contributed by atoms with Crippen LogP contribution in [0.5, 0.6) is 0 Å². The number of rotatable bonds is 9. The summed E-state index contributed by atoms with van der Waals surface area (Å²) in [5.74, 6) is 0.279. The standard InChI is InChI=1S/C19H31F3N6O2/c1-3-23-17(27-13-18(2,29)14-28-9-11-30-12-10-28)26-8-7-25-16-15(19(20,21)22)5-4-6-24-16/h4-6,29H,3,7-14H2,1-2H3,(H,24,25)(H2,23,26,27). The molecule has 2 heterocycles. The lowest BCUT2D eigenvalue weighted by Crippen LogP contribution is -2.48. The smallest absolute Gasteiger partial charge is 0.387 e. The van der Waals surface area contributed by atoms with Gasteiger partial charge in [-0.25, -0.2) is 4.98 Å². The third kappa shape index (κ3) is 8.33. The van der Waals surface area contributed by atoms with Crippen LogP contribution in [0.1, 0.15) is 19.4 Å². The molecule has 1 aliphatic heterocycles. The summed E-state index contributed by atoms with van der Waals surface area (Å²) in [6.45, 7) is 8.33. The molecule has 1 aliphatic rings. The average Bonchev–Trinajstić information content (AvgIpc) is 2.69. The van der Waals surface area contributed by atoms with Crippen molar-refractivity contribution in [2.75, 3.05) is 64.3 Å². The number of halogens is 3. The summed E-state index contributed by atoms with van der Waals surface area (Å²) in [5, 5.41) is 19.5. The van der Waals surface area contributed by atoms with Crippen LogP contribution >= 0.6 is 0 Å². The van der Waals surface area contributed by atoms with Crippen LogP contribution in [0.25, 0.3) is 0 Å². The number of nitrogens with zero attached hydrogens (tertiary/aromatic N) is 3. The van der Waals surface area contributed by atoms with Crippen molar-refractivity contribution in [2.45, 2.75) is 25.6 Å². The molecule has 11 heteroatoms. The number of guanidine groups is 1. The van der Waals surface area contributed by atoms with Crippen LogP contribution in [0.4, 0.5) is 19.0 Å². The van der Waals surface area contributed by atoms with Gasteiger partial charge in [0.1, 0.15) is 5.82 Å². The zero-order valence-corrected chi connectivity index (χ0v) is 17.4. The highest BCUT2D eigenvalue weighted by Crippen LogP contribution is 2.33. The number of alkyl halides is 3. The van der Waals surface area contributed by atoms with E-state index in [0.717, 1.165) is 19.2 Å². The third-order valence-corrected chi connectivity index (χ3v) is 4.41. The molecule has 1 aromatic rings. The number of aliphatic imine (C=N–C) groups is 1. The monoisotopic (exact) mass is 432 g/mol. The van der Waals surface area contributed by atoms with E-state index in [4.69, 9.17) is 4.74 Å². The molecule has 1 unspecified atom stereocenters. The molecule has 1 fully saturated rings. The molecule has 0 amide bonds. The van der Waals surface area contributed by atoms with Gasteiger partial charge in [0.15, 0.2) is 5.96 Å². The number of nitrogens with one attached hydrogen (secondary N) is 3. The van der Waals surface area contributed by atoms with Crippen LogP contribution in [-0.4, -0.2) is 85.6 Å². The first-order valence-corrected chi connectivity index (χ1v) is 10.0. The van der Waals surface area contributed by atoms with Gasteiger partial charge in [-0.15, -0.1) is 0 Å². The molecule has 2 rings (SSSR count). The fourth-order valence-electron chi connectivity index (χ4n) is 3.02. The van der Waals surface area contributed by atoms with E-state index in [9.17, 15) is 18.3 Å². The molecule has 1 aromatic heterocycles. The Kier molecular flexibility index (Phi) is 9.12. The summed E-state index contributed by atoms with van der Waals surface area (Å²) < 4.78 is 44.3. The van der Waals surface area contributed by atoms with Crippen LogP contribution in [0.3, 0.4) is 0 Å². The number of ether oxygens (including phenoxy) is 1. The van der Waals surface area contributed by atoms with Gasteiger partial charge >= 0.3 is 6.18 Å². The van der Waals surface area contributed by atoms with Gasteiger partial charge in [0, 0.05) is 45.5 Å². The highest BCUT2D eigenvalue weighted by Gasteiger charge is 2.34. The Labute approximate surface area is 174 Å². The fraction of sp³-hybridized carbons (Fsp3) is 0.684. The molecular weight excluding hydrogens is 401 g/mol. The minimum atomic E-state index is -4.47. The topological polar surface area (TPSA) is 94.0 Å².